The maximum absolute atomic E-state index is 12.3. The van der Waals surface area contributed by atoms with Gasteiger partial charge in [0.05, 0.1) is 23.4 Å². The number of rotatable bonds is 3. The van der Waals surface area contributed by atoms with Gasteiger partial charge in [0, 0.05) is 11.9 Å². The first-order valence-corrected chi connectivity index (χ1v) is 6.69. The van der Waals surface area contributed by atoms with Crippen LogP contribution in [-0.4, -0.2) is 30.0 Å². The Bertz CT molecular complexity index is 611. The molecule has 0 aliphatic carbocycles. The summed E-state index contributed by atoms with van der Waals surface area (Å²) in [5.41, 5.74) is 1.85. The molecule has 3 rings (SSSR count). The fourth-order valence-electron chi connectivity index (χ4n) is 2.58. The van der Waals surface area contributed by atoms with E-state index in [9.17, 15) is 4.79 Å². The van der Waals surface area contributed by atoms with E-state index in [4.69, 9.17) is 0 Å². The lowest BCUT2D eigenvalue weighted by atomic mass is 10.2. The van der Waals surface area contributed by atoms with Crippen molar-refractivity contribution in [1.29, 1.82) is 0 Å². The van der Waals surface area contributed by atoms with Gasteiger partial charge in [-0.05, 0) is 25.1 Å². The van der Waals surface area contributed by atoms with Crippen molar-refractivity contribution in [1.82, 2.24) is 10.3 Å². The van der Waals surface area contributed by atoms with Crippen LogP contribution in [0.4, 0.5) is 5.69 Å². The molecular formula is C15H17N3O. The summed E-state index contributed by atoms with van der Waals surface area (Å²) < 4.78 is 0. The van der Waals surface area contributed by atoms with E-state index >= 15 is 0 Å². The Hall–Kier alpha value is -1.94. The van der Waals surface area contributed by atoms with Crippen molar-refractivity contribution in [2.45, 2.75) is 19.4 Å². The third-order valence-electron chi connectivity index (χ3n) is 3.54. The van der Waals surface area contributed by atoms with Crippen molar-refractivity contribution in [3.05, 3.63) is 36.5 Å². The van der Waals surface area contributed by atoms with E-state index in [0.717, 1.165) is 36.1 Å². The molecule has 0 saturated carbocycles. The average Bonchev–Trinajstić information content (AvgIpc) is 2.80. The van der Waals surface area contributed by atoms with Crippen LogP contribution in [-0.2, 0) is 4.79 Å². The largest absolute Gasteiger partial charge is 0.309 e. The number of nitrogens with one attached hydrogen (secondary N) is 1. The van der Waals surface area contributed by atoms with E-state index in [1.807, 2.05) is 42.2 Å². The molecule has 0 spiro atoms. The molecule has 1 aromatic heterocycles. The van der Waals surface area contributed by atoms with E-state index in [1.54, 1.807) is 6.20 Å². The Morgan fingerprint density at radius 1 is 1.42 bits per heavy atom. The molecule has 0 radical (unpaired) electrons. The summed E-state index contributed by atoms with van der Waals surface area (Å²) in [7, 11) is 0. The van der Waals surface area contributed by atoms with Crippen molar-refractivity contribution in [2.75, 3.05) is 18.0 Å². The fourth-order valence-corrected chi connectivity index (χ4v) is 2.58. The molecule has 1 aliphatic heterocycles. The van der Waals surface area contributed by atoms with Crippen LogP contribution in [0.1, 0.15) is 13.3 Å². The third-order valence-corrected chi connectivity index (χ3v) is 3.54. The highest BCUT2D eigenvalue weighted by atomic mass is 16.2. The Balaban J connectivity index is 1.90. The van der Waals surface area contributed by atoms with Gasteiger partial charge in [-0.2, -0.15) is 0 Å². The predicted molar refractivity (Wildman–Crippen MR) is 76.2 cm³/mol. The monoisotopic (exact) mass is 255 g/mol. The normalized spacial score (nSPS) is 19.3. The van der Waals surface area contributed by atoms with Gasteiger partial charge in [0.15, 0.2) is 0 Å². The lowest BCUT2D eigenvalue weighted by molar-refractivity contribution is -0.118. The Kier molecular flexibility index (Phi) is 3.17. The molecule has 4 nitrogen and oxygen atoms in total. The van der Waals surface area contributed by atoms with E-state index in [0.29, 0.717) is 0 Å². The van der Waals surface area contributed by atoms with Gasteiger partial charge < -0.3 is 10.2 Å². The fraction of sp³-hybridized carbons (Fsp3) is 0.333. The van der Waals surface area contributed by atoms with Crippen LogP contribution < -0.4 is 10.2 Å². The summed E-state index contributed by atoms with van der Waals surface area (Å²) in [6.45, 7) is 3.60. The highest BCUT2D eigenvalue weighted by Crippen LogP contribution is 2.24. The zero-order valence-corrected chi connectivity index (χ0v) is 11.0. The number of anilines is 1. The van der Waals surface area contributed by atoms with Gasteiger partial charge in [-0.1, -0.05) is 25.1 Å². The molecule has 1 aliphatic rings. The standard InChI is InChI=1S/C15H17N3O/c1-2-16-14-7-8-18(15(14)19)12-9-11-5-3-4-6-13(11)17-10-12/h3-6,9-10,14,16H,2,7-8H2,1H3. The highest BCUT2D eigenvalue weighted by molar-refractivity contribution is 6.00. The number of aromatic nitrogens is 1. The van der Waals surface area contributed by atoms with Crippen LogP contribution in [0.15, 0.2) is 36.5 Å². The van der Waals surface area contributed by atoms with Crippen LogP contribution in [0.2, 0.25) is 0 Å². The summed E-state index contributed by atoms with van der Waals surface area (Å²) in [5.74, 6) is 0.152. The zero-order valence-electron chi connectivity index (χ0n) is 11.0. The third kappa shape index (κ3) is 2.19. The molecule has 19 heavy (non-hydrogen) atoms. The summed E-state index contributed by atoms with van der Waals surface area (Å²) >= 11 is 0. The summed E-state index contributed by atoms with van der Waals surface area (Å²) in [4.78, 5) is 18.5. The summed E-state index contributed by atoms with van der Waals surface area (Å²) in [6, 6.07) is 9.95. The second-order valence-corrected chi connectivity index (χ2v) is 4.78. The Labute approximate surface area is 112 Å². The minimum atomic E-state index is -0.0449. The van der Waals surface area contributed by atoms with E-state index in [-0.39, 0.29) is 11.9 Å². The van der Waals surface area contributed by atoms with Gasteiger partial charge in [0.2, 0.25) is 5.91 Å². The van der Waals surface area contributed by atoms with Crippen molar-refractivity contribution in [2.24, 2.45) is 0 Å². The molecule has 2 heterocycles. The minimum Gasteiger partial charge on any atom is -0.309 e. The first kappa shape index (κ1) is 12.1. The number of nitrogens with zero attached hydrogens (tertiary/aromatic N) is 2. The Morgan fingerprint density at radius 2 is 2.26 bits per heavy atom. The summed E-state index contributed by atoms with van der Waals surface area (Å²) in [5, 5.41) is 4.29. The Morgan fingerprint density at radius 3 is 3.11 bits per heavy atom. The van der Waals surface area contributed by atoms with Crippen molar-refractivity contribution in [3.8, 4) is 0 Å². The predicted octanol–water partition coefficient (Wildman–Crippen LogP) is 1.95. The molecule has 1 fully saturated rings. The van der Waals surface area contributed by atoms with E-state index in [2.05, 4.69) is 10.3 Å². The second-order valence-electron chi connectivity index (χ2n) is 4.78. The van der Waals surface area contributed by atoms with Crippen LogP contribution in [0, 0.1) is 0 Å². The molecule has 4 heteroatoms. The SMILES string of the molecule is CCNC1CCN(c2cnc3ccccc3c2)C1=O. The molecule has 1 aromatic carbocycles. The quantitative estimate of drug-likeness (QED) is 0.911. The second kappa shape index (κ2) is 4.97. The van der Waals surface area contributed by atoms with Crippen LogP contribution in [0.5, 0.6) is 0 Å². The number of likely N-dealkylation sites (N-methyl/N-ethyl adjacent to an activating group) is 1. The van der Waals surface area contributed by atoms with Gasteiger partial charge in [-0.25, -0.2) is 0 Å². The van der Waals surface area contributed by atoms with E-state index in [1.165, 1.54) is 0 Å². The number of pyridine rings is 1. The van der Waals surface area contributed by atoms with Crippen LogP contribution in [0.25, 0.3) is 10.9 Å². The topological polar surface area (TPSA) is 45.2 Å². The smallest absolute Gasteiger partial charge is 0.244 e. The van der Waals surface area contributed by atoms with Gasteiger partial charge in [-0.15, -0.1) is 0 Å². The number of hydrogen-bond acceptors (Lipinski definition) is 3. The lowest BCUT2D eigenvalue weighted by Gasteiger charge is -2.17. The number of carbonyl (C=O) groups is 1. The van der Waals surface area contributed by atoms with E-state index < -0.39 is 0 Å². The van der Waals surface area contributed by atoms with Crippen LogP contribution in [0.3, 0.4) is 0 Å². The first-order valence-electron chi connectivity index (χ1n) is 6.69. The molecule has 1 unspecified atom stereocenters. The molecule has 1 N–H and O–H groups in total. The molecule has 1 amide bonds. The molecule has 0 bridgehead atoms. The number of fused-ring (bicyclic) bond motifs is 1. The molecule has 1 saturated heterocycles. The highest BCUT2D eigenvalue weighted by Gasteiger charge is 2.31. The number of hydrogen-bond donors (Lipinski definition) is 1. The number of amides is 1. The van der Waals surface area contributed by atoms with Crippen molar-refractivity contribution in [3.63, 3.8) is 0 Å². The van der Waals surface area contributed by atoms with Gasteiger partial charge in [-0.3, -0.25) is 9.78 Å². The van der Waals surface area contributed by atoms with Crippen molar-refractivity contribution < 1.29 is 4.79 Å². The van der Waals surface area contributed by atoms with Gasteiger partial charge >= 0.3 is 0 Å². The average molecular weight is 255 g/mol. The minimum absolute atomic E-state index is 0.0449. The summed E-state index contributed by atoms with van der Waals surface area (Å²) in [6.07, 6.45) is 2.65. The first-order chi connectivity index (χ1) is 9.29. The van der Waals surface area contributed by atoms with Crippen LogP contribution >= 0.6 is 0 Å². The maximum Gasteiger partial charge on any atom is 0.244 e. The van der Waals surface area contributed by atoms with Crippen molar-refractivity contribution >= 4 is 22.5 Å². The molecular weight excluding hydrogens is 238 g/mol. The molecule has 2 aromatic rings. The van der Waals surface area contributed by atoms with Gasteiger partial charge in [0.25, 0.3) is 0 Å². The lowest BCUT2D eigenvalue weighted by Crippen LogP contribution is -2.38. The maximum atomic E-state index is 12.3. The number of carbonyl (C=O) groups excluding carboxylic acids is 1. The molecule has 1 atom stereocenters. The zero-order chi connectivity index (χ0) is 13.2. The number of para-hydroxylation sites is 1. The molecule has 98 valence electrons. The van der Waals surface area contributed by atoms with Gasteiger partial charge in [0.1, 0.15) is 0 Å². The number of benzene rings is 1.